The van der Waals surface area contributed by atoms with Gasteiger partial charge in [-0.15, -0.1) is 0 Å². The van der Waals surface area contributed by atoms with E-state index < -0.39 is 9.84 Å². The number of rotatable bonds is 3. The standard InChI is InChI=1S/C8H15BrO3S/c1-3-6(2)12-8-5-13(10,11)4-7(8)9/h6-8H,3-5H2,1-2H3. The topological polar surface area (TPSA) is 43.4 Å². The summed E-state index contributed by atoms with van der Waals surface area (Å²) in [5, 5.41) is 0. The predicted molar refractivity (Wildman–Crippen MR) is 56.0 cm³/mol. The predicted octanol–water partition coefficient (Wildman–Crippen LogP) is 1.36. The number of hydrogen-bond donors (Lipinski definition) is 0. The van der Waals surface area contributed by atoms with Crippen LogP contribution in [0.3, 0.4) is 0 Å². The Hall–Kier alpha value is 0.390. The van der Waals surface area contributed by atoms with Crippen LogP contribution in [0.15, 0.2) is 0 Å². The van der Waals surface area contributed by atoms with Gasteiger partial charge in [0, 0.05) is 0 Å². The molecule has 0 amide bonds. The zero-order valence-corrected chi connectivity index (χ0v) is 10.3. The summed E-state index contributed by atoms with van der Waals surface area (Å²) in [6.45, 7) is 3.99. The molecule has 1 heterocycles. The molecule has 0 aromatic rings. The number of ether oxygens (including phenoxy) is 1. The molecule has 1 fully saturated rings. The van der Waals surface area contributed by atoms with Gasteiger partial charge < -0.3 is 4.74 Å². The molecule has 3 atom stereocenters. The zero-order chi connectivity index (χ0) is 10.1. The molecule has 1 aliphatic heterocycles. The Morgan fingerprint density at radius 3 is 2.54 bits per heavy atom. The van der Waals surface area contributed by atoms with E-state index in [1.54, 1.807) is 0 Å². The molecule has 1 rings (SSSR count). The number of halogens is 1. The molecule has 3 unspecified atom stereocenters. The molecule has 0 radical (unpaired) electrons. The van der Waals surface area contributed by atoms with Gasteiger partial charge in [0.05, 0.1) is 28.5 Å². The first-order valence-corrected chi connectivity index (χ1v) is 7.18. The fraction of sp³-hybridized carbons (Fsp3) is 1.00. The van der Waals surface area contributed by atoms with E-state index in [9.17, 15) is 8.42 Å². The van der Waals surface area contributed by atoms with Crippen molar-refractivity contribution in [1.82, 2.24) is 0 Å². The number of hydrogen-bond acceptors (Lipinski definition) is 3. The number of sulfone groups is 1. The van der Waals surface area contributed by atoms with Gasteiger partial charge in [-0.25, -0.2) is 8.42 Å². The highest BCUT2D eigenvalue weighted by Gasteiger charge is 2.37. The highest BCUT2D eigenvalue weighted by Crippen LogP contribution is 2.23. The van der Waals surface area contributed by atoms with Gasteiger partial charge in [-0.1, -0.05) is 22.9 Å². The van der Waals surface area contributed by atoms with E-state index in [1.807, 2.05) is 13.8 Å². The quantitative estimate of drug-likeness (QED) is 0.728. The van der Waals surface area contributed by atoms with E-state index >= 15 is 0 Å². The molecule has 3 nitrogen and oxygen atoms in total. The van der Waals surface area contributed by atoms with Crippen molar-refractivity contribution >= 4 is 25.8 Å². The molecule has 0 saturated carbocycles. The van der Waals surface area contributed by atoms with Crippen LogP contribution in [-0.2, 0) is 14.6 Å². The Bertz CT molecular complexity index is 263. The molecule has 1 saturated heterocycles. The van der Waals surface area contributed by atoms with Crippen LogP contribution in [0.1, 0.15) is 20.3 Å². The van der Waals surface area contributed by atoms with Gasteiger partial charge in [-0.05, 0) is 13.3 Å². The molecule has 0 bridgehead atoms. The third-order valence-corrected chi connectivity index (χ3v) is 5.26. The van der Waals surface area contributed by atoms with Gasteiger partial charge in [-0.2, -0.15) is 0 Å². The fourth-order valence-electron chi connectivity index (χ4n) is 1.29. The summed E-state index contributed by atoms with van der Waals surface area (Å²) in [6.07, 6.45) is 0.884. The minimum atomic E-state index is -2.87. The minimum Gasteiger partial charge on any atom is -0.373 e. The van der Waals surface area contributed by atoms with Gasteiger partial charge in [0.15, 0.2) is 9.84 Å². The second-order valence-electron chi connectivity index (χ2n) is 3.49. The van der Waals surface area contributed by atoms with Gasteiger partial charge >= 0.3 is 0 Å². The molecule has 1 aliphatic rings. The van der Waals surface area contributed by atoms with Crippen LogP contribution in [0.5, 0.6) is 0 Å². The lowest BCUT2D eigenvalue weighted by molar-refractivity contribution is 0.0147. The molecule has 0 aromatic carbocycles. The zero-order valence-electron chi connectivity index (χ0n) is 7.86. The average molecular weight is 271 g/mol. The Kier molecular flexibility index (Phi) is 3.77. The molecular formula is C8H15BrO3S. The van der Waals surface area contributed by atoms with E-state index in [-0.39, 0.29) is 28.5 Å². The van der Waals surface area contributed by atoms with Gasteiger partial charge in [0.2, 0.25) is 0 Å². The second-order valence-corrected chi connectivity index (χ2v) is 6.82. The fourth-order valence-corrected chi connectivity index (χ4v) is 4.71. The third-order valence-electron chi connectivity index (χ3n) is 2.22. The van der Waals surface area contributed by atoms with Crippen molar-refractivity contribution in [2.75, 3.05) is 11.5 Å². The van der Waals surface area contributed by atoms with Crippen LogP contribution in [0.25, 0.3) is 0 Å². The Morgan fingerprint density at radius 2 is 2.15 bits per heavy atom. The summed E-state index contributed by atoms with van der Waals surface area (Å²) in [6, 6.07) is 0. The van der Waals surface area contributed by atoms with Crippen LogP contribution in [-0.4, -0.2) is 37.0 Å². The van der Waals surface area contributed by atoms with Gasteiger partial charge in [0.25, 0.3) is 0 Å². The van der Waals surface area contributed by atoms with Crippen LogP contribution in [0, 0.1) is 0 Å². The summed E-state index contributed by atoms with van der Waals surface area (Å²) < 4.78 is 28.0. The van der Waals surface area contributed by atoms with Crippen molar-refractivity contribution < 1.29 is 13.2 Å². The maximum atomic E-state index is 11.2. The van der Waals surface area contributed by atoms with Crippen molar-refractivity contribution in [1.29, 1.82) is 0 Å². The molecular weight excluding hydrogens is 256 g/mol. The lowest BCUT2D eigenvalue weighted by atomic mass is 10.3. The largest absolute Gasteiger partial charge is 0.373 e. The molecule has 0 N–H and O–H groups in total. The van der Waals surface area contributed by atoms with Crippen LogP contribution < -0.4 is 0 Å². The first-order valence-electron chi connectivity index (χ1n) is 4.44. The van der Waals surface area contributed by atoms with Crippen LogP contribution >= 0.6 is 15.9 Å². The smallest absolute Gasteiger partial charge is 0.154 e. The first-order chi connectivity index (χ1) is 5.94. The highest BCUT2D eigenvalue weighted by molar-refractivity contribution is 9.09. The normalized spacial score (nSPS) is 34.7. The van der Waals surface area contributed by atoms with E-state index in [0.29, 0.717) is 0 Å². The van der Waals surface area contributed by atoms with Gasteiger partial charge in [0.1, 0.15) is 0 Å². The Morgan fingerprint density at radius 1 is 1.54 bits per heavy atom. The molecule has 5 heteroatoms. The first kappa shape index (κ1) is 11.5. The molecule has 0 aliphatic carbocycles. The molecule has 0 aromatic heterocycles. The minimum absolute atomic E-state index is 0.0356. The lowest BCUT2D eigenvalue weighted by Gasteiger charge is -2.18. The summed E-state index contributed by atoms with van der Waals surface area (Å²) in [5.41, 5.74) is 0. The molecule has 78 valence electrons. The van der Waals surface area contributed by atoms with E-state index in [4.69, 9.17) is 4.74 Å². The molecule has 13 heavy (non-hydrogen) atoms. The highest BCUT2D eigenvalue weighted by atomic mass is 79.9. The Balaban J connectivity index is 2.53. The van der Waals surface area contributed by atoms with E-state index in [1.165, 1.54) is 0 Å². The molecule has 0 spiro atoms. The van der Waals surface area contributed by atoms with Gasteiger partial charge in [-0.3, -0.25) is 0 Å². The van der Waals surface area contributed by atoms with Crippen LogP contribution in [0.2, 0.25) is 0 Å². The monoisotopic (exact) mass is 270 g/mol. The SMILES string of the molecule is CCC(C)OC1CS(=O)(=O)CC1Br. The second kappa shape index (κ2) is 4.28. The summed E-state index contributed by atoms with van der Waals surface area (Å²) in [5.74, 6) is 0.362. The maximum absolute atomic E-state index is 11.2. The van der Waals surface area contributed by atoms with Crippen molar-refractivity contribution in [3.05, 3.63) is 0 Å². The summed E-state index contributed by atoms with van der Waals surface area (Å²) >= 11 is 3.33. The Labute approximate surface area is 87.9 Å². The van der Waals surface area contributed by atoms with Crippen molar-refractivity contribution in [2.45, 2.75) is 37.3 Å². The van der Waals surface area contributed by atoms with Crippen molar-refractivity contribution in [3.8, 4) is 0 Å². The summed E-state index contributed by atoms with van der Waals surface area (Å²) in [7, 11) is -2.87. The van der Waals surface area contributed by atoms with Crippen LogP contribution in [0.4, 0.5) is 0 Å². The van der Waals surface area contributed by atoms with Crippen molar-refractivity contribution in [3.63, 3.8) is 0 Å². The van der Waals surface area contributed by atoms with Crippen molar-refractivity contribution in [2.24, 2.45) is 0 Å². The summed E-state index contributed by atoms with van der Waals surface area (Å²) in [4.78, 5) is -0.0356. The maximum Gasteiger partial charge on any atom is 0.154 e. The third kappa shape index (κ3) is 3.22. The lowest BCUT2D eigenvalue weighted by Crippen LogP contribution is -2.26. The average Bonchev–Trinajstić information content (AvgIpc) is 2.24. The van der Waals surface area contributed by atoms with E-state index in [2.05, 4.69) is 15.9 Å². The van der Waals surface area contributed by atoms with E-state index in [0.717, 1.165) is 6.42 Å². The number of alkyl halides is 1.